The highest BCUT2D eigenvalue weighted by Gasteiger charge is 2.01. The maximum atomic E-state index is 5.98. The lowest BCUT2D eigenvalue weighted by Crippen LogP contribution is -2.05. The van der Waals surface area contributed by atoms with Crippen molar-refractivity contribution in [2.24, 2.45) is 0 Å². The van der Waals surface area contributed by atoms with Crippen molar-refractivity contribution in [3.8, 4) is 5.75 Å². The number of anilines is 3. The van der Waals surface area contributed by atoms with Gasteiger partial charge in [-0.2, -0.15) is 0 Å². The number of benzene rings is 2. The molecule has 2 rings (SSSR count). The third-order valence-corrected chi connectivity index (χ3v) is 2.71. The van der Waals surface area contributed by atoms with E-state index in [0.29, 0.717) is 0 Å². The summed E-state index contributed by atoms with van der Waals surface area (Å²) in [7, 11) is 0. The van der Waals surface area contributed by atoms with Gasteiger partial charge in [0.25, 0.3) is 0 Å². The van der Waals surface area contributed by atoms with Gasteiger partial charge in [0.05, 0.1) is 17.5 Å². The van der Waals surface area contributed by atoms with Gasteiger partial charge in [0.1, 0.15) is 5.75 Å². The fourth-order valence-corrected chi connectivity index (χ4v) is 1.84. The van der Waals surface area contributed by atoms with Gasteiger partial charge >= 0.3 is 0 Å². The van der Waals surface area contributed by atoms with Gasteiger partial charge in [-0.3, -0.25) is 0 Å². The minimum absolute atomic E-state index is 0.187. The molecular weight excluding hydrogens is 236 g/mol. The van der Waals surface area contributed by atoms with Gasteiger partial charge in [0, 0.05) is 5.69 Å². The van der Waals surface area contributed by atoms with E-state index in [9.17, 15) is 0 Å². The summed E-state index contributed by atoms with van der Waals surface area (Å²) in [5.41, 5.74) is 9.80. The Bertz CT molecular complexity index is 547. The Hall–Kier alpha value is -2.16. The summed E-state index contributed by atoms with van der Waals surface area (Å²) in [4.78, 5) is 0. The second-order valence-corrected chi connectivity index (χ2v) is 4.91. The van der Waals surface area contributed by atoms with Gasteiger partial charge in [-0.1, -0.05) is 6.07 Å². The van der Waals surface area contributed by atoms with Gasteiger partial charge in [-0.05, 0) is 62.7 Å². The summed E-state index contributed by atoms with van der Waals surface area (Å²) in [5, 5.41) is 3.30. The molecule has 0 aliphatic rings. The predicted molar refractivity (Wildman–Crippen MR) is 81.1 cm³/mol. The number of rotatable bonds is 4. The van der Waals surface area contributed by atoms with Crippen LogP contribution in [0.4, 0.5) is 17.1 Å². The standard InChI is InChI=1S/C16H20N2O/c1-11(2)19-14-7-5-13(6-8-14)18-16-9-4-12(3)10-15(16)17/h4-11,18H,17H2,1-3H3. The molecule has 0 saturated carbocycles. The van der Waals surface area contributed by atoms with Crippen molar-refractivity contribution in [1.82, 2.24) is 0 Å². The molecule has 3 N–H and O–H groups in total. The average Bonchev–Trinajstić information content (AvgIpc) is 2.34. The summed E-state index contributed by atoms with van der Waals surface area (Å²) in [6.07, 6.45) is 0.187. The highest BCUT2D eigenvalue weighted by atomic mass is 16.5. The first kappa shape index (κ1) is 13.3. The number of hydrogen-bond acceptors (Lipinski definition) is 3. The van der Waals surface area contributed by atoms with Gasteiger partial charge in [0.15, 0.2) is 0 Å². The largest absolute Gasteiger partial charge is 0.491 e. The number of nitrogens with one attached hydrogen (secondary N) is 1. The molecule has 0 bridgehead atoms. The van der Waals surface area contributed by atoms with Crippen LogP contribution in [0.3, 0.4) is 0 Å². The highest BCUT2D eigenvalue weighted by Crippen LogP contribution is 2.25. The predicted octanol–water partition coefficient (Wildman–Crippen LogP) is 4.11. The Morgan fingerprint density at radius 2 is 1.74 bits per heavy atom. The molecule has 0 fully saturated rings. The number of hydrogen-bond donors (Lipinski definition) is 2. The lowest BCUT2D eigenvalue weighted by atomic mass is 10.2. The Morgan fingerprint density at radius 1 is 1.05 bits per heavy atom. The van der Waals surface area contributed by atoms with Crippen molar-refractivity contribution in [2.45, 2.75) is 26.9 Å². The van der Waals surface area contributed by atoms with Crippen LogP contribution in [0.5, 0.6) is 5.75 Å². The molecule has 2 aromatic rings. The minimum Gasteiger partial charge on any atom is -0.491 e. The van der Waals surface area contributed by atoms with E-state index < -0.39 is 0 Å². The van der Waals surface area contributed by atoms with E-state index in [0.717, 1.165) is 28.4 Å². The first-order chi connectivity index (χ1) is 9.04. The Morgan fingerprint density at radius 3 is 2.32 bits per heavy atom. The molecule has 2 aromatic carbocycles. The first-order valence-electron chi connectivity index (χ1n) is 6.44. The smallest absolute Gasteiger partial charge is 0.119 e. The van der Waals surface area contributed by atoms with Gasteiger partial charge in [0.2, 0.25) is 0 Å². The van der Waals surface area contributed by atoms with Crippen LogP contribution >= 0.6 is 0 Å². The van der Waals surface area contributed by atoms with Crippen molar-refractivity contribution in [2.75, 3.05) is 11.1 Å². The van der Waals surface area contributed by atoms with Crippen molar-refractivity contribution in [3.05, 3.63) is 48.0 Å². The molecule has 0 amide bonds. The zero-order valence-electron chi connectivity index (χ0n) is 11.6. The number of aryl methyl sites for hydroxylation is 1. The second-order valence-electron chi connectivity index (χ2n) is 4.91. The van der Waals surface area contributed by atoms with E-state index in [1.807, 2.05) is 63.2 Å². The van der Waals surface area contributed by atoms with E-state index >= 15 is 0 Å². The van der Waals surface area contributed by atoms with Crippen LogP contribution in [0.15, 0.2) is 42.5 Å². The van der Waals surface area contributed by atoms with Gasteiger partial charge in [-0.15, -0.1) is 0 Å². The molecule has 0 unspecified atom stereocenters. The molecule has 0 heterocycles. The van der Waals surface area contributed by atoms with Gasteiger partial charge in [-0.25, -0.2) is 0 Å². The van der Waals surface area contributed by atoms with Gasteiger partial charge < -0.3 is 15.8 Å². The topological polar surface area (TPSA) is 47.3 Å². The summed E-state index contributed by atoms with van der Waals surface area (Å²) < 4.78 is 5.61. The van der Waals surface area contributed by atoms with Crippen LogP contribution in [0.2, 0.25) is 0 Å². The summed E-state index contributed by atoms with van der Waals surface area (Å²) in [5.74, 6) is 0.873. The molecule has 19 heavy (non-hydrogen) atoms. The van der Waals surface area contributed by atoms with Crippen molar-refractivity contribution < 1.29 is 4.74 Å². The lowest BCUT2D eigenvalue weighted by Gasteiger charge is -2.12. The van der Waals surface area contributed by atoms with E-state index in [4.69, 9.17) is 10.5 Å². The van der Waals surface area contributed by atoms with Crippen LogP contribution in [0.1, 0.15) is 19.4 Å². The van der Waals surface area contributed by atoms with Crippen LogP contribution in [0.25, 0.3) is 0 Å². The molecule has 0 spiro atoms. The average molecular weight is 256 g/mol. The zero-order chi connectivity index (χ0) is 13.8. The summed E-state index contributed by atoms with van der Waals surface area (Å²) in [6.45, 7) is 6.05. The third kappa shape index (κ3) is 3.65. The van der Waals surface area contributed by atoms with E-state index in [1.165, 1.54) is 0 Å². The van der Waals surface area contributed by atoms with Crippen LogP contribution < -0.4 is 15.8 Å². The molecule has 0 atom stereocenters. The van der Waals surface area contributed by atoms with Crippen molar-refractivity contribution >= 4 is 17.1 Å². The molecule has 0 radical (unpaired) electrons. The SMILES string of the molecule is Cc1ccc(Nc2ccc(OC(C)C)cc2)c(N)c1. The maximum Gasteiger partial charge on any atom is 0.119 e. The zero-order valence-corrected chi connectivity index (χ0v) is 11.6. The maximum absolute atomic E-state index is 5.98. The van der Waals surface area contributed by atoms with E-state index in [1.54, 1.807) is 0 Å². The Balaban J connectivity index is 2.10. The first-order valence-corrected chi connectivity index (χ1v) is 6.44. The van der Waals surface area contributed by atoms with E-state index in [2.05, 4.69) is 5.32 Å². The monoisotopic (exact) mass is 256 g/mol. The van der Waals surface area contributed by atoms with Crippen LogP contribution in [-0.2, 0) is 0 Å². The minimum atomic E-state index is 0.187. The fourth-order valence-electron chi connectivity index (χ4n) is 1.84. The summed E-state index contributed by atoms with van der Waals surface area (Å²) >= 11 is 0. The quantitative estimate of drug-likeness (QED) is 0.809. The Labute approximate surface area is 114 Å². The normalized spacial score (nSPS) is 10.5. The van der Waals surface area contributed by atoms with Crippen molar-refractivity contribution in [1.29, 1.82) is 0 Å². The molecule has 3 heteroatoms. The fraction of sp³-hybridized carbons (Fsp3) is 0.250. The summed E-state index contributed by atoms with van der Waals surface area (Å²) in [6, 6.07) is 13.9. The molecule has 0 saturated heterocycles. The molecule has 3 nitrogen and oxygen atoms in total. The molecular formula is C16H20N2O. The number of ether oxygens (including phenoxy) is 1. The van der Waals surface area contributed by atoms with Crippen molar-refractivity contribution in [3.63, 3.8) is 0 Å². The van der Waals surface area contributed by atoms with Crippen LogP contribution in [-0.4, -0.2) is 6.10 Å². The highest BCUT2D eigenvalue weighted by molar-refractivity contribution is 5.73. The molecule has 100 valence electrons. The second kappa shape index (κ2) is 5.65. The number of nitrogens with two attached hydrogens (primary N) is 1. The van der Waals surface area contributed by atoms with E-state index in [-0.39, 0.29) is 6.10 Å². The third-order valence-electron chi connectivity index (χ3n) is 2.71. The Kier molecular flexibility index (Phi) is 3.95. The number of nitrogen functional groups attached to an aromatic ring is 1. The lowest BCUT2D eigenvalue weighted by molar-refractivity contribution is 0.242. The molecule has 0 aliphatic heterocycles. The van der Waals surface area contributed by atoms with Crippen LogP contribution in [0, 0.1) is 6.92 Å². The molecule has 0 aliphatic carbocycles. The molecule has 0 aromatic heterocycles.